The van der Waals surface area contributed by atoms with E-state index in [1.165, 1.54) is 28.9 Å². The van der Waals surface area contributed by atoms with Crippen LogP contribution in [0.5, 0.6) is 0 Å². The minimum Gasteiger partial charge on any atom is -0.480 e. The highest BCUT2D eigenvalue weighted by atomic mass is 32.2. The smallest absolute Gasteiger partial charge is 0.327 e. The molecule has 2 aliphatic rings. The molecule has 6 nitrogen and oxygen atoms in total. The van der Waals surface area contributed by atoms with Gasteiger partial charge < -0.3 is 15.0 Å². The number of pyridine rings is 1. The van der Waals surface area contributed by atoms with Crippen LogP contribution in [0, 0.1) is 12.8 Å². The monoisotopic (exact) mass is 308 g/mol. The number of carboxylic acids is 1. The summed E-state index contributed by atoms with van der Waals surface area (Å²) < 4.78 is 0. The predicted octanol–water partition coefficient (Wildman–Crippen LogP) is 1.06. The van der Waals surface area contributed by atoms with Gasteiger partial charge in [0.1, 0.15) is 11.6 Å². The molecule has 1 aromatic heterocycles. The SMILES string of the molecule is Cc1cc(=O)c(C(=O)N2C(C(=O)O)CSC2C2CC2)c[nH]1. The third-order valence-electron chi connectivity index (χ3n) is 3.87. The van der Waals surface area contributed by atoms with E-state index in [4.69, 9.17) is 0 Å². The number of nitrogens with one attached hydrogen (secondary N) is 1. The Bertz CT molecular complexity index is 653. The normalized spacial score (nSPS) is 25.1. The second-order valence-electron chi connectivity index (χ2n) is 5.52. The Morgan fingerprint density at radius 3 is 2.71 bits per heavy atom. The first-order chi connectivity index (χ1) is 9.99. The Hall–Kier alpha value is -1.76. The molecule has 2 unspecified atom stereocenters. The lowest BCUT2D eigenvalue weighted by molar-refractivity contribution is -0.141. The van der Waals surface area contributed by atoms with E-state index < -0.39 is 17.9 Å². The van der Waals surface area contributed by atoms with E-state index in [0.29, 0.717) is 17.4 Å². The molecule has 0 bridgehead atoms. The van der Waals surface area contributed by atoms with Crippen LogP contribution in [0.3, 0.4) is 0 Å². The van der Waals surface area contributed by atoms with Crippen LogP contribution in [-0.4, -0.2) is 44.0 Å². The molecule has 21 heavy (non-hydrogen) atoms. The van der Waals surface area contributed by atoms with Gasteiger partial charge in [-0.15, -0.1) is 11.8 Å². The van der Waals surface area contributed by atoms with Gasteiger partial charge in [-0.05, 0) is 25.7 Å². The number of rotatable bonds is 3. The van der Waals surface area contributed by atoms with Crippen molar-refractivity contribution in [2.24, 2.45) is 5.92 Å². The van der Waals surface area contributed by atoms with Gasteiger partial charge in [-0.2, -0.15) is 0 Å². The van der Waals surface area contributed by atoms with Gasteiger partial charge in [0.05, 0.1) is 5.37 Å². The summed E-state index contributed by atoms with van der Waals surface area (Å²) in [7, 11) is 0. The number of H-pyrrole nitrogens is 1. The molecule has 1 amide bonds. The average Bonchev–Trinajstić information content (AvgIpc) is 3.16. The van der Waals surface area contributed by atoms with Crippen molar-refractivity contribution in [1.82, 2.24) is 9.88 Å². The maximum Gasteiger partial charge on any atom is 0.327 e. The maximum absolute atomic E-state index is 12.7. The lowest BCUT2D eigenvalue weighted by Gasteiger charge is -2.27. The number of carbonyl (C=O) groups excluding carboxylic acids is 1. The number of carboxylic acid groups (broad SMARTS) is 1. The van der Waals surface area contributed by atoms with E-state index in [-0.39, 0.29) is 16.4 Å². The van der Waals surface area contributed by atoms with E-state index in [9.17, 15) is 19.5 Å². The van der Waals surface area contributed by atoms with Crippen LogP contribution >= 0.6 is 11.8 Å². The van der Waals surface area contributed by atoms with E-state index in [0.717, 1.165) is 12.8 Å². The van der Waals surface area contributed by atoms with Crippen LogP contribution in [-0.2, 0) is 4.79 Å². The average molecular weight is 308 g/mol. The van der Waals surface area contributed by atoms with Gasteiger partial charge in [0.15, 0.2) is 5.43 Å². The predicted molar refractivity (Wildman–Crippen MR) is 78.4 cm³/mol. The van der Waals surface area contributed by atoms with Gasteiger partial charge in [0.2, 0.25) is 0 Å². The van der Waals surface area contributed by atoms with Crippen LogP contribution in [0.4, 0.5) is 0 Å². The second-order valence-corrected chi connectivity index (χ2v) is 6.67. The lowest BCUT2D eigenvalue weighted by Crippen LogP contribution is -2.47. The molecule has 1 saturated carbocycles. The zero-order chi connectivity index (χ0) is 15.1. The molecular formula is C14H16N2O4S. The van der Waals surface area contributed by atoms with Crippen LogP contribution in [0.25, 0.3) is 0 Å². The minimum atomic E-state index is -1.01. The summed E-state index contributed by atoms with van der Waals surface area (Å²) in [5, 5.41) is 9.19. The molecule has 2 N–H and O–H groups in total. The highest BCUT2D eigenvalue weighted by molar-refractivity contribution is 8.00. The van der Waals surface area contributed by atoms with Gasteiger partial charge in [0.25, 0.3) is 5.91 Å². The van der Waals surface area contributed by atoms with Crippen molar-refractivity contribution in [3.05, 3.63) is 33.7 Å². The van der Waals surface area contributed by atoms with E-state index >= 15 is 0 Å². The van der Waals surface area contributed by atoms with Crippen LogP contribution < -0.4 is 5.43 Å². The lowest BCUT2D eigenvalue weighted by atomic mass is 10.1. The zero-order valence-corrected chi connectivity index (χ0v) is 12.4. The van der Waals surface area contributed by atoms with Crippen LogP contribution in [0.15, 0.2) is 17.1 Å². The molecule has 2 fully saturated rings. The summed E-state index contributed by atoms with van der Waals surface area (Å²) in [6, 6.07) is 0.507. The maximum atomic E-state index is 12.7. The number of aryl methyl sites for hydroxylation is 1. The quantitative estimate of drug-likeness (QED) is 0.871. The van der Waals surface area contributed by atoms with Crippen molar-refractivity contribution in [2.75, 3.05) is 5.75 Å². The summed E-state index contributed by atoms with van der Waals surface area (Å²) in [4.78, 5) is 40.3. The van der Waals surface area contributed by atoms with E-state index in [1.807, 2.05) is 0 Å². The van der Waals surface area contributed by atoms with E-state index in [1.54, 1.807) is 6.92 Å². The van der Waals surface area contributed by atoms with Crippen molar-refractivity contribution in [3.63, 3.8) is 0 Å². The molecule has 0 radical (unpaired) electrons. The van der Waals surface area contributed by atoms with Crippen molar-refractivity contribution in [2.45, 2.75) is 31.2 Å². The third-order valence-corrected chi connectivity index (χ3v) is 5.33. The zero-order valence-electron chi connectivity index (χ0n) is 11.5. The first-order valence-electron chi connectivity index (χ1n) is 6.85. The Morgan fingerprint density at radius 2 is 2.14 bits per heavy atom. The molecule has 0 aromatic carbocycles. The largest absolute Gasteiger partial charge is 0.480 e. The molecule has 1 aromatic rings. The summed E-state index contributed by atoms with van der Waals surface area (Å²) in [6.45, 7) is 1.73. The second kappa shape index (κ2) is 5.22. The summed E-state index contributed by atoms with van der Waals surface area (Å²) >= 11 is 1.50. The summed E-state index contributed by atoms with van der Waals surface area (Å²) in [6.07, 6.45) is 3.40. The molecule has 7 heteroatoms. The van der Waals surface area contributed by atoms with Crippen LogP contribution in [0.2, 0.25) is 0 Å². The first kappa shape index (κ1) is 14.2. The molecule has 112 valence electrons. The van der Waals surface area contributed by atoms with Gasteiger partial charge >= 0.3 is 5.97 Å². The first-order valence-corrected chi connectivity index (χ1v) is 7.90. The minimum absolute atomic E-state index is 0.0139. The van der Waals surface area contributed by atoms with E-state index in [2.05, 4.69) is 4.98 Å². The van der Waals surface area contributed by atoms with Gasteiger partial charge in [-0.25, -0.2) is 4.79 Å². The van der Waals surface area contributed by atoms with Crippen LogP contribution in [0.1, 0.15) is 28.9 Å². The Labute approximate surface area is 125 Å². The molecule has 0 spiro atoms. The number of aromatic amines is 1. The molecule has 2 heterocycles. The molecule has 1 aliphatic carbocycles. The van der Waals surface area contributed by atoms with Crippen molar-refractivity contribution >= 4 is 23.6 Å². The van der Waals surface area contributed by atoms with Gasteiger partial charge in [0, 0.05) is 23.7 Å². The van der Waals surface area contributed by atoms with Crippen molar-refractivity contribution in [1.29, 1.82) is 0 Å². The highest BCUT2D eigenvalue weighted by Crippen LogP contribution is 2.45. The number of thioether (sulfide) groups is 1. The number of amides is 1. The Morgan fingerprint density at radius 1 is 1.43 bits per heavy atom. The molecule has 2 atom stereocenters. The Balaban J connectivity index is 1.95. The number of nitrogens with zero attached hydrogens (tertiary/aromatic N) is 1. The molecule has 3 rings (SSSR count). The number of carbonyl (C=O) groups is 2. The number of hydrogen-bond acceptors (Lipinski definition) is 4. The molecule has 1 aliphatic heterocycles. The fourth-order valence-electron chi connectivity index (χ4n) is 2.60. The van der Waals surface area contributed by atoms with Gasteiger partial charge in [-0.1, -0.05) is 0 Å². The highest BCUT2D eigenvalue weighted by Gasteiger charge is 2.48. The topological polar surface area (TPSA) is 90.5 Å². The molecular weight excluding hydrogens is 292 g/mol. The third kappa shape index (κ3) is 2.57. The molecule has 1 saturated heterocycles. The number of aromatic nitrogens is 1. The summed E-state index contributed by atoms with van der Waals surface area (Å²) in [5.74, 6) is -0.757. The standard InChI is InChI=1S/C14H16N2O4S/c1-7-4-11(17)9(5-15-7)12(18)16-10(14(19)20)6-21-13(16)8-2-3-8/h4-5,8,10,13H,2-3,6H2,1H3,(H,15,17)(H,19,20). The number of aliphatic carboxylic acids is 1. The Kier molecular flexibility index (Phi) is 3.52. The fourth-order valence-corrected chi connectivity index (χ4v) is 4.23. The van der Waals surface area contributed by atoms with Crippen molar-refractivity contribution in [3.8, 4) is 0 Å². The number of hydrogen-bond donors (Lipinski definition) is 2. The summed E-state index contributed by atoms with van der Waals surface area (Å²) in [5.41, 5.74) is 0.313. The van der Waals surface area contributed by atoms with Crippen molar-refractivity contribution < 1.29 is 14.7 Å². The fraction of sp³-hybridized carbons (Fsp3) is 0.500. The van der Waals surface area contributed by atoms with Gasteiger partial charge in [-0.3, -0.25) is 9.59 Å².